The summed E-state index contributed by atoms with van der Waals surface area (Å²) in [6, 6.07) is 10.0. The average molecular weight is 263 g/mol. The van der Waals surface area contributed by atoms with Crippen molar-refractivity contribution in [2.24, 2.45) is 0 Å². The van der Waals surface area contributed by atoms with Gasteiger partial charge in [0.25, 0.3) is 0 Å². The molecule has 0 bridgehead atoms. The van der Waals surface area contributed by atoms with Crippen molar-refractivity contribution in [2.75, 3.05) is 0 Å². The maximum atomic E-state index is 4.49. The van der Waals surface area contributed by atoms with Gasteiger partial charge in [-0.25, -0.2) is 12.1 Å². The third-order valence-electron chi connectivity index (χ3n) is 0.556. The Labute approximate surface area is 74.8 Å². The summed E-state index contributed by atoms with van der Waals surface area (Å²) in [5.41, 5.74) is 0. The first-order chi connectivity index (χ1) is 3.50. The monoisotopic (exact) mass is 262 g/mol. The predicted octanol–water partition coefficient (Wildman–Crippen LogP) is 2.09. The Morgan fingerprint density at radius 2 is 1.50 bits per heavy atom. The van der Waals surface area contributed by atoms with Crippen molar-refractivity contribution in [3.63, 3.8) is 0 Å². The Balaban J connectivity index is 0. The zero-order chi connectivity index (χ0) is 5.54. The van der Waals surface area contributed by atoms with E-state index in [1.54, 1.807) is 0 Å². The molecule has 0 fully saturated rings. The van der Waals surface area contributed by atoms with Gasteiger partial charge in [0, 0.05) is 17.1 Å². The van der Waals surface area contributed by atoms with E-state index in [-0.39, 0.29) is 17.1 Å². The predicted molar refractivity (Wildman–Crippen MR) is 27.9 cm³/mol. The molecule has 0 heterocycles. The van der Waals surface area contributed by atoms with Crippen molar-refractivity contribution in [3.8, 4) is 0 Å². The molecule has 0 aliphatic carbocycles. The van der Waals surface area contributed by atoms with Gasteiger partial charge in [0.15, 0.2) is 0 Å². The molecule has 1 aromatic rings. The second-order valence-corrected chi connectivity index (χ2v) is 0.962. The zero-order valence-corrected chi connectivity index (χ0v) is 7.35. The van der Waals surface area contributed by atoms with Crippen molar-refractivity contribution < 1.29 is 35.2 Å². The molecule has 0 aromatic heterocycles. The van der Waals surface area contributed by atoms with Crippen molar-refractivity contribution in [2.45, 2.75) is 0 Å². The van der Waals surface area contributed by atoms with Crippen LogP contribution in [0.4, 0.5) is 0 Å². The second kappa shape index (κ2) is 10.7. The van der Waals surface area contributed by atoms with Crippen molar-refractivity contribution in [1.82, 2.24) is 0 Å². The van der Waals surface area contributed by atoms with Crippen LogP contribution in [-0.2, 0) is 35.2 Å². The van der Waals surface area contributed by atoms with E-state index < -0.39 is 0 Å². The van der Waals surface area contributed by atoms with E-state index in [4.69, 9.17) is 0 Å². The Bertz CT molecular complexity index is 68.9. The van der Waals surface area contributed by atoms with E-state index in [1.165, 1.54) is 0 Å². The van der Waals surface area contributed by atoms with Gasteiger partial charge in [-0.1, -0.05) is 0 Å². The molecule has 0 atom stereocenters. The molecule has 0 saturated carbocycles. The molecule has 0 aliphatic rings. The first-order valence-electron chi connectivity index (χ1n) is 1.79. The van der Waals surface area contributed by atoms with Gasteiger partial charge in [0.05, 0.1) is 0 Å². The molecule has 0 amide bonds. The van der Waals surface area contributed by atoms with Crippen LogP contribution in [0.3, 0.4) is 0 Å². The molecule has 0 aliphatic heterocycles. The fourth-order valence-electron chi connectivity index (χ4n) is 0.321. The van der Waals surface area contributed by atoms with E-state index in [1.807, 2.05) is 30.3 Å². The van der Waals surface area contributed by atoms with E-state index in [9.17, 15) is 0 Å². The van der Waals surface area contributed by atoms with E-state index >= 15 is 0 Å². The van der Waals surface area contributed by atoms with Gasteiger partial charge in [-0.05, 0) is 0 Å². The van der Waals surface area contributed by atoms with Gasteiger partial charge >= 0.3 is 27.7 Å². The summed E-state index contributed by atoms with van der Waals surface area (Å²) in [6.45, 7) is 0. The van der Waals surface area contributed by atoms with Crippen LogP contribution >= 0.6 is 9.53 Å². The van der Waals surface area contributed by atoms with Gasteiger partial charge in [-0.2, -0.15) is 18.2 Å². The first kappa shape index (κ1) is 11.6. The van der Waals surface area contributed by atoms with Crippen LogP contribution in [0.15, 0.2) is 30.3 Å². The molecular weight excluding hydrogens is 258 g/mol. The molecule has 3 heteroatoms. The van der Waals surface area contributed by atoms with E-state index in [2.05, 4.69) is 27.7 Å². The van der Waals surface area contributed by atoms with Crippen LogP contribution in [0.1, 0.15) is 0 Å². The van der Waals surface area contributed by atoms with Crippen molar-refractivity contribution >= 4 is 9.53 Å². The molecule has 0 spiro atoms. The number of hydrogen-bond acceptors (Lipinski definition) is 0. The van der Waals surface area contributed by atoms with Crippen molar-refractivity contribution in [1.29, 1.82) is 0 Å². The van der Waals surface area contributed by atoms with Crippen LogP contribution in [0.25, 0.3) is 0 Å². The minimum absolute atomic E-state index is 0. The van der Waals surface area contributed by atoms with Crippen LogP contribution in [-0.4, -0.2) is 0 Å². The van der Waals surface area contributed by atoms with Crippen LogP contribution in [0.2, 0.25) is 0 Å². The summed E-state index contributed by atoms with van der Waals surface area (Å²) < 4.78 is 0. The van der Waals surface area contributed by atoms with Gasteiger partial charge in [0.1, 0.15) is 0 Å². The van der Waals surface area contributed by atoms with Crippen LogP contribution in [0, 0.1) is 0 Å². The largest absolute Gasteiger partial charge is 0.214 e. The number of hydrogen-bond donors (Lipinski definition) is 0. The Morgan fingerprint density at radius 3 is 1.62 bits per heavy atom. The summed E-state index contributed by atoms with van der Waals surface area (Å²) in [5, 5.41) is 0. The van der Waals surface area contributed by atoms with Crippen LogP contribution in [0.5, 0.6) is 0 Å². The zero-order valence-electron chi connectivity index (χ0n) is 3.93. The van der Waals surface area contributed by atoms with Gasteiger partial charge in [0.2, 0.25) is 0 Å². The van der Waals surface area contributed by atoms with Gasteiger partial charge in [-0.15, -0.1) is 0 Å². The van der Waals surface area contributed by atoms with Gasteiger partial charge < -0.3 is 0 Å². The molecule has 0 saturated heterocycles. The number of rotatable bonds is 0. The average Bonchev–Trinajstić information content (AvgIpc) is 2.23. The molecule has 0 N–H and O–H groups in total. The van der Waals surface area contributed by atoms with E-state index in [0.29, 0.717) is 0 Å². The minimum Gasteiger partial charge on any atom is -0.214 e. The summed E-state index contributed by atoms with van der Waals surface area (Å²) >= 11 is 2.22. The summed E-state index contributed by atoms with van der Waals surface area (Å²) in [6.07, 6.45) is 0. The van der Waals surface area contributed by atoms with Crippen molar-refractivity contribution in [3.05, 3.63) is 30.3 Å². The standard InChI is InChI=1S/C5H5.ClH.Fe.Pd/c1-2-4-5-3-1;;;/h1-5H;1H;;/q-1;;;+2/p-1. The third kappa shape index (κ3) is 6.82. The molecule has 1 rings (SSSR count). The molecule has 50 valence electrons. The Morgan fingerprint density at radius 1 is 1.12 bits per heavy atom. The fourth-order valence-corrected chi connectivity index (χ4v) is 0.321. The van der Waals surface area contributed by atoms with E-state index in [0.717, 1.165) is 0 Å². The quantitative estimate of drug-likeness (QED) is 0.496. The molecule has 0 radical (unpaired) electrons. The molecular formula is C5H5ClFePd. The second-order valence-electron chi connectivity index (χ2n) is 0.962. The molecule has 0 unspecified atom stereocenters. The number of halogens is 1. The van der Waals surface area contributed by atoms with Crippen LogP contribution < -0.4 is 0 Å². The molecule has 0 nitrogen and oxygen atoms in total. The Kier molecular flexibility index (Phi) is 15.6. The summed E-state index contributed by atoms with van der Waals surface area (Å²) in [7, 11) is 4.49. The smallest absolute Gasteiger partial charge is 0 e. The third-order valence-corrected chi connectivity index (χ3v) is 0.556. The fraction of sp³-hybridized carbons (Fsp3) is 0. The first-order valence-corrected chi connectivity index (χ1v) is 3.79. The molecule has 1 aromatic carbocycles. The van der Waals surface area contributed by atoms with Gasteiger partial charge in [-0.3, -0.25) is 0 Å². The molecule has 8 heavy (non-hydrogen) atoms. The normalized spacial score (nSPS) is 5.88. The Hall–Kier alpha value is 0.822. The minimum atomic E-state index is 0. The summed E-state index contributed by atoms with van der Waals surface area (Å²) in [5.74, 6) is 0. The maximum Gasteiger partial charge on any atom is 0 e. The SMILES string of the molecule is [Cl][Pd+].[Fe].c1cc[cH-]c1. The summed E-state index contributed by atoms with van der Waals surface area (Å²) in [4.78, 5) is 0. The maximum absolute atomic E-state index is 4.49. The topological polar surface area (TPSA) is 0 Å².